The van der Waals surface area contributed by atoms with Crippen LogP contribution in [0.5, 0.6) is 0 Å². The van der Waals surface area contributed by atoms with Crippen molar-refractivity contribution >= 4 is 5.97 Å². The quantitative estimate of drug-likeness (QED) is 0.668. The van der Waals surface area contributed by atoms with Gasteiger partial charge in [0.25, 0.3) is 0 Å². The zero-order chi connectivity index (χ0) is 12.7. The monoisotopic (exact) mass is 237 g/mol. The molecule has 0 aromatic heterocycles. The zero-order valence-electron chi connectivity index (χ0n) is 10.0. The molecule has 4 heteroatoms. The third-order valence-corrected chi connectivity index (χ3v) is 2.48. The highest BCUT2D eigenvalue weighted by Crippen LogP contribution is 2.03. The van der Waals surface area contributed by atoms with Gasteiger partial charge in [-0.1, -0.05) is 29.8 Å². The second-order valence-electron chi connectivity index (χ2n) is 4.21. The van der Waals surface area contributed by atoms with Crippen molar-refractivity contribution in [1.82, 2.24) is 5.32 Å². The third-order valence-electron chi connectivity index (χ3n) is 2.48. The molecule has 0 saturated carbocycles. The van der Waals surface area contributed by atoms with Crippen LogP contribution >= 0.6 is 0 Å². The summed E-state index contributed by atoms with van der Waals surface area (Å²) in [7, 11) is 0. The van der Waals surface area contributed by atoms with E-state index in [0.29, 0.717) is 13.1 Å². The van der Waals surface area contributed by atoms with Crippen LogP contribution in [0.4, 0.5) is 0 Å². The molecule has 4 nitrogen and oxygen atoms in total. The molecule has 1 rings (SSSR count). The molecule has 0 aliphatic heterocycles. The molecule has 0 bridgehead atoms. The van der Waals surface area contributed by atoms with Crippen molar-refractivity contribution < 1.29 is 15.0 Å². The minimum atomic E-state index is -0.872. The Bertz CT molecular complexity index is 365. The maximum absolute atomic E-state index is 10.3. The second-order valence-corrected chi connectivity index (χ2v) is 4.21. The maximum atomic E-state index is 10.3. The molecule has 0 aliphatic carbocycles. The fourth-order valence-corrected chi connectivity index (χ4v) is 1.60. The van der Waals surface area contributed by atoms with E-state index in [1.807, 2.05) is 25.1 Å². The summed E-state index contributed by atoms with van der Waals surface area (Å²) in [5.74, 6) is -0.872. The number of carboxylic acids is 1. The van der Waals surface area contributed by atoms with Gasteiger partial charge in [0.1, 0.15) is 0 Å². The number of aryl methyl sites for hydroxylation is 1. The molecule has 0 aliphatic rings. The number of carboxylic acid groups (broad SMARTS) is 1. The molecule has 0 radical (unpaired) electrons. The number of aliphatic hydroxyl groups excluding tert-OH is 1. The first kappa shape index (κ1) is 13.7. The minimum Gasteiger partial charge on any atom is -0.481 e. The summed E-state index contributed by atoms with van der Waals surface area (Å²) in [6.07, 6.45) is -0.306. The van der Waals surface area contributed by atoms with Crippen molar-refractivity contribution in [3.05, 3.63) is 35.4 Å². The number of nitrogens with one attached hydrogen (secondary N) is 1. The van der Waals surface area contributed by atoms with Crippen LogP contribution in [0.25, 0.3) is 0 Å². The Labute approximate surface area is 101 Å². The molecule has 3 N–H and O–H groups in total. The average molecular weight is 237 g/mol. The van der Waals surface area contributed by atoms with E-state index in [0.717, 1.165) is 5.56 Å². The molecule has 94 valence electrons. The normalized spacial score (nSPS) is 12.4. The lowest BCUT2D eigenvalue weighted by molar-refractivity contribution is -0.137. The Balaban J connectivity index is 2.21. The summed E-state index contributed by atoms with van der Waals surface area (Å²) < 4.78 is 0. The number of carbonyl (C=O) groups is 1. The van der Waals surface area contributed by atoms with Gasteiger partial charge in [0, 0.05) is 19.5 Å². The Kier molecular flexibility index (Phi) is 5.66. The summed E-state index contributed by atoms with van der Waals surface area (Å²) >= 11 is 0. The van der Waals surface area contributed by atoms with Crippen molar-refractivity contribution in [2.45, 2.75) is 32.4 Å². The molecule has 1 atom stereocenters. The maximum Gasteiger partial charge on any atom is 0.303 e. The van der Waals surface area contributed by atoms with E-state index in [1.165, 1.54) is 5.56 Å². The Morgan fingerprint density at radius 1 is 1.47 bits per heavy atom. The highest BCUT2D eigenvalue weighted by Gasteiger charge is 2.06. The molecule has 1 aromatic rings. The first-order chi connectivity index (χ1) is 8.08. The zero-order valence-corrected chi connectivity index (χ0v) is 10.0. The van der Waals surface area contributed by atoms with E-state index < -0.39 is 12.1 Å². The molecule has 1 aromatic carbocycles. The number of aliphatic hydroxyl groups is 1. The third kappa shape index (κ3) is 6.04. The highest BCUT2D eigenvalue weighted by atomic mass is 16.4. The van der Waals surface area contributed by atoms with Gasteiger partial charge in [0.05, 0.1) is 6.10 Å². The van der Waals surface area contributed by atoms with E-state index in [1.54, 1.807) is 0 Å². The van der Waals surface area contributed by atoms with Gasteiger partial charge in [0.15, 0.2) is 0 Å². The topological polar surface area (TPSA) is 69.6 Å². The van der Waals surface area contributed by atoms with E-state index in [9.17, 15) is 9.90 Å². The molecule has 0 spiro atoms. The Hall–Kier alpha value is -1.39. The first-order valence-corrected chi connectivity index (χ1v) is 5.74. The number of aliphatic carboxylic acids is 1. The van der Waals surface area contributed by atoms with Gasteiger partial charge in [-0.2, -0.15) is 0 Å². The van der Waals surface area contributed by atoms with Gasteiger partial charge in [-0.3, -0.25) is 4.79 Å². The Morgan fingerprint density at radius 3 is 2.88 bits per heavy atom. The standard InChI is InChI=1S/C13H19NO3/c1-10-3-2-4-11(7-10)8-14-9-12(15)5-6-13(16)17/h2-4,7,12,14-15H,5-6,8-9H2,1H3,(H,16,17). The van der Waals surface area contributed by atoms with Crippen LogP contribution in [-0.2, 0) is 11.3 Å². The summed E-state index contributed by atoms with van der Waals surface area (Å²) in [6.45, 7) is 3.14. The fourth-order valence-electron chi connectivity index (χ4n) is 1.60. The van der Waals surface area contributed by atoms with Gasteiger partial charge >= 0.3 is 5.97 Å². The van der Waals surface area contributed by atoms with Crippen molar-refractivity contribution in [3.8, 4) is 0 Å². The first-order valence-electron chi connectivity index (χ1n) is 5.74. The van der Waals surface area contributed by atoms with Gasteiger partial charge in [-0.15, -0.1) is 0 Å². The lowest BCUT2D eigenvalue weighted by Crippen LogP contribution is -2.26. The summed E-state index contributed by atoms with van der Waals surface area (Å²) in [5.41, 5.74) is 2.37. The van der Waals surface area contributed by atoms with Gasteiger partial charge in [-0.05, 0) is 18.9 Å². The van der Waals surface area contributed by atoms with E-state index >= 15 is 0 Å². The smallest absolute Gasteiger partial charge is 0.303 e. The van der Waals surface area contributed by atoms with Crippen LogP contribution in [0.2, 0.25) is 0 Å². The number of rotatable bonds is 7. The molecular weight excluding hydrogens is 218 g/mol. The fraction of sp³-hybridized carbons (Fsp3) is 0.462. The van der Waals surface area contributed by atoms with Crippen molar-refractivity contribution in [2.75, 3.05) is 6.54 Å². The average Bonchev–Trinajstić information content (AvgIpc) is 2.26. The summed E-state index contributed by atoms with van der Waals surface area (Å²) in [4.78, 5) is 10.3. The van der Waals surface area contributed by atoms with E-state index in [2.05, 4.69) is 11.4 Å². The summed E-state index contributed by atoms with van der Waals surface area (Å²) in [5, 5.41) is 21.1. The predicted octanol–water partition coefficient (Wildman–Crippen LogP) is 1.31. The second kappa shape index (κ2) is 7.04. The molecule has 1 unspecified atom stereocenters. The number of hydrogen-bond acceptors (Lipinski definition) is 3. The Morgan fingerprint density at radius 2 is 2.24 bits per heavy atom. The van der Waals surface area contributed by atoms with Crippen LogP contribution in [0.15, 0.2) is 24.3 Å². The van der Waals surface area contributed by atoms with Gasteiger partial charge < -0.3 is 15.5 Å². The lowest BCUT2D eigenvalue weighted by Gasteiger charge is -2.10. The van der Waals surface area contributed by atoms with Gasteiger partial charge in [0.2, 0.25) is 0 Å². The molecule has 0 amide bonds. The van der Waals surface area contributed by atoms with Crippen LogP contribution in [0.3, 0.4) is 0 Å². The van der Waals surface area contributed by atoms with Crippen LogP contribution in [0.1, 0.15) is 24.0 Å². The summed E-state index contributed by atoms with van der Waals surface area (Å²) in [6, 6.07) is 8.12. The largest absolute Gasteiger partial charge is 0.481 e. The molecular formula is C13H19NO3. The van der Waals surface area contributed by atoms with Gasteiger partial charge in [-0.25, -0.2) is 0 Å². The SMILES string of the molecule is Cc1cccc(CNCC(O)CCC(=O)O)c1. The van der Waals surface area contributed by atoms with E-state index in [4.69, 9.17) is 5.11 Å². The number of benzene rings is 1. The highest BCUT2D eigenvalue weighted by molar-refractivity contribution is 5.66. The lowest BCUT2D eigenvalue weighted by atomic mass is 10.1. The van der Waals surface area contributed by atoms with Crippen LogP contribution < -0.4 is 5.32 Å². The molecule has 17 heavy (non-hydrogen) atoms. The minimum absolute atomic E-state index is 0.00723. The van der Waals surface area contributed by atoms with Crippen LogP contribution in [0, 0.1) is 6.92 Å². The molecule has 0 heterocycles. The van der Waals surface area contributed by atoms with Crippen molar-refractivity contribution in [1.29, 1.82) is 0 Å². The molecule has 0 fully saturated rings. The van der Waals surface area contributed by atoms with Crippen LogP contribution in [-0.4, -0.2) is 28.8 Å². The van der Waals surface area contributed by atoms with Crippen molar-refractivity contribution in [2.24, 2.45) is 0 Å². The van der Waals surface area contributed by atoms with E-state index in [-0.39, 0.29) is 12.8 Å². The van der Waals surface area contributed by atoms with Crippen molar-refractivity contribution in [3.63, 3.8) is 0 Å². The molecule has 0 saturated heterocycles. The number of hydrogen-bond donors (Lipinski definition) is 3. The predicted molar refractivity (Wildman–Crippen MR) is 65.8 cm³/mol.